The molecule has 0 radical (unpaired) electrons. The first-order valence-corrected chi connectivity index (χ1v) is 8.57. The Hall–Kier alpha value is -1.01. The maximum atomic E-state index is 11.5. The number of benzene rings is 1. The third-order valence-electron chi connectivity index (χ3n) is 4.48. The first-order valence-electron chi connectivity index (χ1n) is 7.81. The molecule has 0 aliphatic carbocycles. The van der Waals surface area contributed by atoms with Gasteiger partial charge >= 0.3 is 6.09 Å². The van der Waals surface area contributed by atoms with Crippen LogP contribution in [0, 0.1) is 5.41 Å². The van der Waals surface area contributed by atoms with Crippen molar-refractivity contribution in [2.24, 2.45) is 5.41 Å². The van der Waals surface area contributed by atoms with E-state index in [0.717, 1.165) is 0 Å². The Labute approximate surface area is 152 Å². The van der Waals surface area contributed by atoms with Crippen LogP contribution in [-0.4, -0.2) is 47.0 Å². The third-order valence-corrected chi connectivity index (χ3v) is 5.22. The second kappa shape index (κ2) is 7.08. The maximum Gasteiger partial charge on any atom is 0.407 e. The lowest BCUT2D eigenvalue weighted by Gasteiger charge is -2.39. The highest BCUT2D eigenvalue weighted by atomic mass is 35.5. The van der Waals surface area contributed by atoms with Crippen molar-refractivity contribution in [2.75, 3.05) is 19.7 Å². The van der Waals surface area contributed by atoms with Gasteiger partial charge in [0.2, 0.25) is 0 Å². The van der Waals surface area contributed by atoms with Gasteiger partial charge < -0.3 is 19.8 Å². The number of rotatable bonds is 2. The van der Waals surface area contributed by atoms with E-state index in [-0.39, 0.29) is 31.2 Å². The normalized spacial score (nSPS) is 25.4. The Bertz CT molecular complexity index is 617. The van der Waals surface area contributed by atoms with Crippen molar-refractivity contribution in [3.8, 4) is 0 Å². The molecule has 1 aromatic carbocycles. The van der Waals surface area contributed by atoms with Gasteiger partial charge in [0.15, 0.2) is 0 Å². The molecule has 0 bridgehead atoms. The predicted octanol–water partition coefficient (Wildman–Crippen LogP) is 4.00. The highest BCUT2D eigenvalue weighted by Gasteiger charge is 2.43. The summed E-state index contributed by atoms with van der Waals surface area (Å²) >= 11 is 12.1. The van der Waals surface area contributed by atoms with Crippen LogP contribution in [0.15, 0.2) is 18.2 Å². The van der Waals surface area contributed by atoms with Gasteiger partial charge in [-0.1, -0.05) is 50.0 Å². The van der Waals surface area contributed by atoms with Gasteiger partial charge in [-0.25, -0.2) is 4.79 Å². The molecule has 1 heterocycles. The van der Waals surface area contributed by atoms with Crippen LogP contribution in [-0.2, 0) is 10.3 Å². The molecule has 1 unspecified atom stereocenters. The van der Waals surface area contributed by atoms with E-state index in [0.29, 0.717) is 22.0 Å². The topological polar surface area (TPSA) is 70.0 Å². The Morgan fingerprint density at radius 1 is 1.38 bits per heavy atom. The summed E-state index contributed by atoms with van der Waals surface area (Å²) in [4.78, 5) is 12.8. The minimum atomic E-state index is -1.02. The number of amides is 1. The zero-order valence-electron chi connectivity index (χ0n) is 14.1. The van der Waals surface area contributed by atoms with E-state index >= 15 is 0 Å². The average molecular weight is 376 g/mol. The third kappa shape index (κ3) is 3.97. The fourth-order valence-corrected chi connectivity index (χ4v) is 3.10. The van der Waals surface area contributed by atoms with Gasteiger partial charge in [0, 0.05) is 13.0 Å². The van der Waals surface area contributed by atoms with E-state index < -0.39 is 11.7 Å². The van der Waals surface area contributed by atoms with E-state index in [9.17, 15) is 15.0 Å². The fraction of sp³-hybridized carbons (Fsp3) is 0.588. The molecule has 2 atom stereocenters. The molecule has 24 heavy (non-hydrogen) atoms. The first-order chi connectivity index (χ1) is 11.1. The molecule has 7 heteroatoms. The van der Waals surface area contributed by atoms with Gasteiger partial charge in [-0.3, -0.25) is 0 Å². The SMILES string of the molecule is CC(C)(C)C1CN(C(=O)O)CC[C@@](CO)(c2ccc(Cl)c(Cl)c2)O1. The van der Waals surface area contributed by atoms with E-state index in [1.807, 2.05) is 20.8 Å². The number of hydrogen-bond donors (Lipinski definition) is 2. The molecule has 1 aliphatic heterocycles. The minimum absolute atomic E-state index is 0.252. The standard InChI is InChI=1S/C17H23Cl2NO4/c1-16(2,3)14-9-20(15(22)23)7-6-17(10-21,24-14)11-4-5-12(18)13(19)8-11/h4-5,8,14,21H,6-7,9-10H2,1-3H3,(H,22,23)/t14?,17-/m1/s1. The monoisotopic (exact) mass is 375 g/mol. The van der Waals surface area contributed by atoms with Crippen molar-refractivity contribution < 1.29 is 19.7 Å². The minimum Gasteiger partial charge on any atom is -0.465 e. The van der Waals surface area contributed by atoms with Crippen molar-refractivity contribution >= 4 is 29.3 Å². The Kier molecular flexibility index (Phi) is 5.70. The van der Waals surface area contributed by atoms with Crippen LogP contribution < -0.4 is 0 Å². The number of aliphatic hydroxyl groups is 1. The van der Waals surface area contributed by atoms with Crippen LogP contribution in [0.4, 0.5) is 4.79 Å². The first kappa shape index (κ1) is 19.3. The molecule has 2 rings (SSSR count). The Morgan fingerprint density at radius 2 is 2.04 bits per heavy atom. The van der Waals surface area contributed by atoms with Gasteiger partial charge in [0.05, 0.1) is 29.3 Å². The number of halogens is 2. The van der Waals surface area contributed by atoms with Gasteiger partial charge in [0.25, 0.3) is 0 Å². The predicted molar refractivity (Wildman–Crippen MR) is 93.8 cm³/mol. The largest absolute Gasteiger partial charge is 0.465 e. The molecule has 5 nitrogen and oxygen atoms in total. The summed E-state index contributed by atoms with van der Waals surface area (Å²) in [6.45, 7) is 6.20. The lowest BCUT2D eigenvalue weighted by atomic mass is 9.86. The maximum absolute atomic E-state index is 11.5. The second-order valence-corrected chi connectivity index (χ2v) is 8.05. The highest BCUT2D eigenvalue weighted by Crippen LogP contribution is 2.39. The summed E-state index contributed by atoms with van der Waals surface area (Å²) < 4.78 is 6.32. The van der Waals surface area contributed by atoms with Crippen molar-refractivity contribution in [1.29, 1.82) is 0 Å². The van der Waals surface area contributed by atoms with Crippen molar-refractivity contribution in [1.82, 2.24) is 4.90 Å². The molecular formula is C17H23Cl2NO4. The van der Waals surface area contributed by atoms with E-state index in [2.05, 4.69) is 0 Å². The molecule has 134 valence electrons. The molecule has 0 spiro atoms. The van der Waals surface area contributed by atoms with Crippen LogP contribution >= 0.6 is 23.2 Å². The quantitative estimate of drug-likeness (QED) is 0.819. The zero-order valence-corrected chi connectivity index (χ0v) is 15.6. The van der Waals surface area contributed by atoms with E-state index in [4.69, 9.17) is 27.9 Å². The summed E-state index contributed by atoms with van der Waals surface area (Å²) in [7, 11) is 0. The lowest BCUT2D eigenvalue weighted by Crippen LogP contribution is -2.44. The van der Waals surface area contributed by atoms with Crippen molar-refractivity contribution in [3.63, 3.8) is 0 Å². The van der Waals surface area contributed by atoms with Crippen LogP contribution in [0.5, 0.6) is 0 Å². The second-order valence-electron chi connectivity index (χ2n) is 7.23. The van der Waals surface area contributed by atoms with Crippen molar-refractivity contribution in [3.05, 3.63) is 33.8 Å². The number of ether oxygens (including phenoxy) is 1. The molecule has 1 aromatic rings. The summed E-state index contributed by atoms with van der Waals surface area (Å²) in [5.74, 6) is 0. The van der Waals surface area contributed by atoms with Gasteiger partial charge in [-0.15, -0.1) is 0 Å². The molecule has 0 saturated carbocycles. The average Bonchev–Trinajstić information content (AvgIpc) is 2.70. The van der Waals surface area contributed by atoms with Crippen LogP contribution in [0.1, 0.15) is 32.8 Å². The number of carbonyl (C=O) groups is 1. The Morgan fingerprint density at radius 3 is 2.54 bits per heavy atom. The zero-order chi connectivity index (χ0) is 18.1. The van der Waals surface area contributed by atoms with Crippen LogP contribution in [0.2, 0.25) is 10.0 Å². The molecule has 0 aromatic heterocycles. The highest BCUT2D eigenvalue weighted by molar-refractivity contribution is 6.42. The molecule has 1 saturated heterocycles. The smallest absolute Gasteiger partial charge is 0.407 e. The number of aliphatic hydroxyl groups excluding tert-OH is 1. The fourth-order valence-electron chi connectivity index (χ4n) is 2.80. The van der Waals surface area contributed by atoms with Gasteiger partial charge in [-0.05, 0) is 23.1 Å². The van der Waals surface area contributed by atoms with Crippen LogP contribution in [0.3, 0.4) is 0 Å². The number of nitrogens with zero attached hydrogens (tertiary/aromatic N) is 1. The Balaban J connectivity index is 2.47. The van der Waals surface area contributed by atoms with Gasteiger partial charge in [-0.2, -0.15) is 0 Å². The van der Waals surface area contributed by atoms with Crippen molar-refractivity contribution in [2.45, 2.75) is 38.9 Å². The molecule has 1 fully saturated rings. The lowest BCUT2D eigenvalue weighted by molar-refractivity contribution is -0.150. The number of hydrogen-bond acceptors (Lipinski definition) is 3. The van der Waals surface area contributed by atoms with Crippen LogP contribution in [0.25, 0.3) is 0 Å². The molecular weight excluding hydrogens is 353 g/mol. The van der Waals surface area contributed by atoms with E-state index in [1.54, 1.807) is 18.2 Å². The van der Waals surface area contributed by atoms with E-state index in [1.165, 1.54) is 4.90 Å². The molecule has 1 amide bonds. The molecule has 1 aliphatic rings. The summed E-state index contributed by atoms with van der Waals surface area (Å²) in [6, 6.07) is 5.10. The summed E-state index contributed by atoms with van der Waals surface area (Å²) in [5.41, 5.74) is -0.619. The summed E-state index contributed by atoms with van der Waals surface area (Å²) in [5, 5.41) is 20.3. The molecule has 2 N–H and O–H groups in total. The van der Waals surface area contributed by atoms with Gasteiger partial charge in [0.1, 0.15) is 5.60 Å². The number of carboxylic acid groups (broad SMARTS) is 1. The summed E-state index contributed by atoms with van der Waals surface area (Å²) in [6.07, 6.45) is -1.03.